The first-order valence-corrected chi connectivity index (χ1v) is 5.47. The van der Waals surface area contributed by atoms with Gasteiger partial charge in [-0.2, -0.15) is 0 Å². The van der Waals surface area contributed by atoms with Crippen molar-refractivity contribution in [3.8, 4) is 11.6 Å². The molecular formula is C12H10N4O4. The van der Waals surface area contributed by atoms with Gasteiger partial charge in [-0.25, -0.2) is 4.98 Å². The van der Waals surface area contributed by atoms with Gasteiger partial charge in [-0.15, -0.1) is 0 Å². The molecule has 20 heavy (non-hydrogen) atoms. The van der Waals surface area contributed by atoms with E-state index in [0.717, 1.165) is 0 Å². The van der Waals surface area contributed by atoms with Gasteiger partial charge in [0.15, 0.2) is 5.84 Å². The molecule has 2 rings (SSSR count). The summed E-state index contributed by atoms with van der Waals surface area (Å²) in [5.74, 6) is 0.0462. The van der Waals surface area contributed by atoms with E-state index in [-0.39, 0.29) is 23.2 Å². The van der Waals surface area contributed by atoms with Crippen LogP contribution in [-0.2, 0) is 0 Å². The Labute approximate surface area is 113 Å². The van der Waals surface area contributed by atoms with Crippen LogP contribution in [0.25, 0.3) is 0 Å². The third-order valence-electron chi connectivity index (χ3n) is 2.41. The molecule has 8 nitrogen and oxygen atoms in total. The first kappa shape index (κ1) is 13.3. The van der Waals surface area contributed by atoms with Gasteiger partial charge in [0.05, 0.1) is 4.92 Å². The van der Waals surface area contributed by atoms with E-state index in [2.05, 4.69) is 10.1 Å². The van der Waals surface area contributed by atoms with Crippen molar-refractivity contribution in [2.75, 3.05) is 0 Å². The fourth-order valence-corrected chi connectivity index (χ4v) is 1.49. The molecule has 8 heteroatoms. The second kappa shape index (κ2) is 5.65. The third kappa shape index (κ3) is 2.80. The zero-order valence-corrected chi connectivity index (χ0v) is 10.1. The minimum absolute atomic E-state index is 0.0571. The third-order valence-corrected chi connectivity index (χ3v) is 2.41. The van der Waals surface area contributed by atoms with E-state index in [1.54, 1.807) is 6.07 Å². The summed E-state index contributed by atoms with van der Waals surface area (Å²) in [7, 11) is 0. The van der Waals surface area contributed by atoms with Crippen molar-refractivity contribution in [3.63, 3.8) is 0 Å². The van der Waals surface area contributed by atoms with Gasteiger partial charge in [-0.1, -0.05) is 17.3 Å². The summed E-state index contributed by atoms with van der Waals surface area (Å²) in [5.41, 5.74) is 5.65. The highest BCUT2D eigenvalue weighted by atomic mass is 16.6. The zero-order chi connectivity index (χ0) is 14.5. The molecule has 0 amide bonds. The van der Waals surface area contributed by atoms with E-state index in [9.17, 15) is 10.1 Å². The molecule has 0 radical (unpaired) electrons. The average Bonchev–Trinajstić information content (AvgIpc) is 2.47. The molecule has 0 aliphatic rings. The highest BCUT2D eigenvalue weighted by Crippen LogP contribution is 2.29. The summed E-state index contributed by atoms with van der Waals surface area (Å²) in [5, 5.41) is 22.3. The van der Waals surface area contributed by atoms with Crippen molar-refractivity contribution in [1.82, 2.24) is 4.98 Å². The lowest BCUT2D eigenvalue weighted by Crippen LogP contribution is -2.13. The largest absolute Gasteiger partial charge is 0.432 e. The molecular weight excluding hydrogens is 264 g/mol. The highest BCUT2D eigenvalue weighted by molar-refractivity contribution is 5.97. The molecule has 1 aromatic carbocycles. The number of hydrogen-bond donors (Lipinski definition) is 2. The van der Waals surface area contributed by atoms with Gasteiger partial charge in [0.25, 0.3) is 0 Å². The van der Waals surface area contributed by atoms with E-state index in [4.69, 9.17) is 15.7 Å². The zero-order valence-electron chi connectivity index (χ0n) is 10.1. The average molecular weight is 274 g/mol. The lowest BCUT2D eigenvalue weighted by Gasteiger charge is -2.06. The Kier molecular flexibility index (Phi) is 3.75. The van der Waals surface area contributed by atoms with Crippen molar-refractivity contribution in [1.29, 1.82) is 0 Å². The number of pyridine rings is 1. The van der Waals surface area contributed by atoms with E-state index in [1.807, 2.05) is 0 Å². The van der Waals surface area contributed by atoms with E-state index in [1.165, 1.54) is 36.5 Å². The number of para-hydroxylation sites is 2. The Morgan fingerprint density at radius 2 is 2.15 bits per heavy atom. The maximum absolute atomic E-state index is 10.9. The Bertz CT molecular complexity index is 672. The number of rotatable bonds is 4. The number of oxime groups is 1. The van der Waals surface area contributed by atoms with Crippen LogP contribution in [0.15, 0.2) is 47.8 Å². The Morgan fingerprint density at radius 3 is 2.85 bits per heavy atom. The standard InChI is InChI=1S/C12H10N4O4/c13-12(15-17)8-5-6-14-11(7-8)20-10-4-2-1-3-9(10)16(18)19/h1-7,17H,(H2,13,15). The summed E-state index contributed by atoms with van der Waals surface area (Å²) in [4.78, 5) is 14.2. The van der Waals surface area contributed by atoms with Crippen molar-refractivity contribution in [2.45, 2.75) is 0 Å². The van der Waals surface area contributed by atoms with Gasteiger partial charge >= 0.3 is 5.69 Å². The van der Waals surface area contributed by atoms with Gasteiger partial charge in [-0.3, -0.25) is 10.1 Å². The predicted molar refractivity (Wildman–Crippen MR) is 69.9 cm³/mol. The summed E-state index contributed by atoms with van der Waals surface area (Å²) < 4.78 is 5.36. The molecule has 2 aromatic rings. The smallest absolute Gasteiger partial charge is 0.311 e. The molecule has 0 fully saturated rings. The molecule has 3 N–H and O–H groups in total. The number of nitrogens with zero attached hydrogens (tertiary/aromatic N) is 3. The molecule has 0 aliphatic heterocycles. The van der Waals surface area contributed by atoms with Crippen LogP contribution in [0.5, 0.6) is 11.6 Å². The fraction of sp³-hybridized carbons (Fsp3) is 0. The minimum atomic E-state index is -0.553. The number of nitro benzene ring substituents is 1. The lowest BCUT2D eigenvalue weighted by atomic mass is 10.2. The van der Waals surface area contributed by atoms with Crippen molar-refractivity contribution in [2.24, 2.45) is 10.9 Å². The van der Waals surface area contributed by atoms with Gasteiger partial charge in [0.2, 0.25) is 11.6 Å². The maximum Gasteiger partial charge on any atom is 0.311 e. The summed E-state index contributed by atoms with van der Waals surface area (Å²) in [6, 6.07) is 8.84. The Hall–Kier alpha value is -3.16. The number of benzene rings is 1. The van der Waals surface area contributed by atoms with Gasteiger partial charge in [0, 0.05) is 23.9 Å². The normalized spacial score (nSPS) is 11.1. The van der Waals surface area contributed by atoms with Crippen LogP contribution < -0.4 is 10.5 Å². The van der Waals surface area contributed by atoms with Crippen LogP contribution in [0.3, 0.4) is 0 Å². The monoisotopic (exact) mass is 274 g/mol. The molecule has 1 heterocycles. The van der Waals surface area contributed by atoms with Crippen LogP contribution in [0.4, 0.5) is 5.69 Å². The van der Waals surface area contributed by atoms with E-state index >= 15 is 0 Å². The van der Waals surface area contributed by atoms with Crippen LogP contribution in [0.2, 0.25) is 0 Å². The fourth-order valence-electron chi connectivity index (χ4n) is 1.49. The SMILES string of the molecule is N/C(=N\O)c1ccnc(Oc2ccccc2[N+](=O)[O-])c1. The molecule has 0 aliphatic carbocycles. The molecule has 0 saturated heterocycles. The number of aromatic nitrogens is 1. The molecule has 0 spiro atoms. The number of hydrogen-bond acceptors (Lipinski definition) is 6. The predicted octanol–water partition coefficient (Wildman–Crippen LogP) is 1.88. The van der Waals surface area contributed by atoms with Crippen LogP contribution in [-0.4, -0.2) is 21.0 Å². The lowest BCUT2D eigenvalue weighted by molar-refractivity contribution is -0.385. The van der Waals surface area contributed by atoms with Gasteiger partial charge in [-0.05, 0) is 12.1 Å². The first-order chi connectivity index (χ1) is 9.61. The number of ether oxygens (including phenoxy) is 1. The molecule has 0 unspecified atom stereocenters. The van der Waals surface area contributed by atoms with Crippen molar-refractivity contribution in [3.05, 3.63) is 58.3 Å². The summed E-state index contributed by atoms with van der Waals surface area (Å²) in [6.45, 7) is 0. The second-order valence-corrected chi connectivity index (χ2v) is 3.69. The number of amidine groups is 1. The van der Waals surface area contributed by atoms with Crippen molar-refractivity contribution >= 4 is 11.5 Å². The van der Waals surface area contributed by atoms with E-state index < -0.39 is 4.92 Å². The molecule has 102 valence electrons. The van der Waals surface area contributed by atoms with Crippen LogP contribution in [0, 0.1) is 10.1 Å². The quantitative estimate of drug-likeness (QED) is 0.288. The minimum Gasteiger partial charge on any atom is -0.432 e. The van der Waals surface area contributed by atoms with Gasteiger partial charge < -0.3 is 15.7 Å². The maximum atomic E-state index is 10.9. The Balaban J connectivity index is 2.34. The molecule has 0 atom stereocenters. The molecule has 1 aromatic heterocycles. The van der Waals surface area contributed by atoms with E-state index in [0.29, 0.717) is 5.56 Å². The molecule has 0 bridgehead atoms. The van der Waals surface area contributed by atoms with Gasteiger partial charge in [0.1, 0.15) is 0 Å². The molecule has 0 saturated carbocycles. The van der Waals surface area contributed by atoms with Crippen LogP contribution in [0.1, 0.15) is 5.56 Å². The van der Waals surface area contributed by atoms with Crippen molar-refractivity contribution < 1.29 is 14.9 Å². The summed E-state index contributed by atoms with van der Waals surface area (Å²) >= 11 is 0. The summed E-state index contributed by atoms with van der Waals surface area (Å²) in [6.07, 6.45) is 1.39. The highest BCUT2D eigenvalue weighted by Gasteiger charge is 2.15. The van der Waals surface area contributed by atoms with Crippen LogP contribution >= 0.6 is 0 Å². The number of nitrogens with two attached hydrogens (primary N) is 1. The number of nitro groups is 1. The Morgan fingerprint density at radius 1 is 1.40 bits per heavy atom. The second-order valence-electron chi connectivity index (χ2n) is 3.69. The first-order valence-electron chi connectivity index (χ1n) is 5.47. The topological polar surface area (TPSA) is 124 Å².